The highest BCUT2D eigenvalue weighted by atomic mass is 16.5. The van der Waals surface area contributed by atoms with Gasteiger partial charge < -0.3 is 25.0 Å². The average molecular weight is 341 g/mol. The van der Waals surface area contributed by atoms with Crippen LogP contribution < -0.4 is 20.1 Å². The zero-order chi connectivity index (χ0) is 17.6. The minimum atomic E-state index is -0.0161. The lowest BCUT2D eigenvalue weighted by Gasteiger charge is -2.36. The number of carbonyl (C=O) groups excluding carboxylic acids is 1. The number of methoxy groups -OCH3 is 1. The molecule has 0 atom stereocenters. The minimum Gasteiger partial charge on any atom is -0.497 e. The number of nitrogens with two attached hydrogens (primary N) is 1. The van der Waals surface area contributed by atoms with E-state index in [1.165, 1.54) is 0 Å². The lowest BCUT2D eigenvalue weighted by molar-refractivity contribution is -0.133. The number of rotatable bonds is 5. The van der Waals surface area contributed by atoms with Gasteiger partial charge in [-0.05, 0) is 36.4 Å². The second kappa shape index (κ2) is 7.79. The van der Waals surface area contributed by atoms with E-state index >= 15 is 0 Å². The molecule has 1 aliphatic heterocycles. The number of carbonyl (C=O) groups is 1. The molecule has 1 amide bonds. The van der Waals surface area contributed by atoms with Crippen molar-refractivity contribution in [2.75, 3.05) is 50.5 Å². The molecule has 0 aromatic heterocycles. The van der Waals surface area contributed by atoms with Gasteiger partial charge in [0.05, 0.1) is 12.8 Å². The maximum atomic E-state index is 12.3. The van der Waals surface area contributed by atoms with E-state index in [-0.39, 0.29) is 12.5 Å². The number of hydrogen-bond acceptors (Lipinski definition) is 5. The SMILES string of the molecule is COc1ccc(N2CCN(C(=O)COc3ccccc3N)CC2)cc1. The highest BCUT2D eigenvalue weighted by Gasteiger charge is 2.21. The third kappa shape index (κ3) is 4.15. The van der Waals surface area contributed by atoms with Gasteiger partial charge in [0, 0.05) is 31.9 Å². The molecule has 2 aromatic carbocycles. The number of hydrogen-bond donors (Lipinski definition) is 1. The Balaban J connectivity index is 1.49. The van der Waals surface area contributed by atoms with Crippen LogP contribution in [0, 0.1) is 0 Å². The standard InChI is InChI=1S/C19H23N3O3/c1-24-16-8-6-15(7-9-16)21-10-12-22(13-11-21)19(23)14-25-18-5-3-2-4-17(18)20/h2-9H,10-14,20H2,1H3. The molecule has 0 saturated carbocycles. The zero-order valence-corrected chi connectivity index (χ0v) is 14.4. The maximum absolute atomic E-state index is 12.3. The summed E-state index contributed by atoms with van der Waals surface area (Å²) in [4.78, 5) is 16.4. The van der Waals surface area contributed by atoms with Gasteiger partial charge in [0.15, 0.2) is 6.61 Å². The van der Waals surface area contributed by atoms with Crippen molar-refractivity contribution in [3.63, 3.8) is 0 Å². The number of nitrogen functional groups attached to an aromatic ring is 1. The summed E-state index contributed by atoms with van der Waals surface area (Å²) in [6, 6.07) is 15.2. The molecule has 1 heterocycles. The molecular weight excluding hydrogens is 318 g/mol. The number of benzene rings is 2. The van der Waals surface area contributed by atoms with E-state index in [1.54, 1.807) is 19.2 Å². The fourth-order valence-corrected chi connectivity index (χ4v) is 2.85. The summed E-state index contributed by atoms with van der Waals surface area (Å²) in [7, 11) is 1.66. The number of amides is 1. The molecule has 1 saturated heterocycles. The van der Waals surface area contributed by atoms with Crippen LogP contribution in [0.4, 0.5) is 11.4 Å². The van der Waals surface area contributed by atoms with E-state index in [4.69, 9.17) is 15.2 Å². The van der Waals surface area contributed by atoms with Crippen LogP contribution in [0.3, 0.4) is 0 Å². The van der Waals surface area contributed by atoms with Crippen LogP contribution in [0.25, 0.3) is 0 Å². The normalized spacial score (nSPS) is 14.3. The summed E-state index contributed by atoms with van der Waals surface area (Å²) < 4.78 is 10.7. The fraction of sp³-hybridized carbons (Fsp3) is 0.316. The Hall–Kier alpha value is -2.89. The first kappa shape index (κ1) is 17.0. The summed E-state index contributed by atoms with van der Waals surface area (Å²) in [5.74, 6) is 1.38. The van der Waals surface area contributed by atoms with E-state index in [1.807, 2.05) is 41.3 Å². The number of piperazine rings is 1. The fourth-order valence-electron chi connectivity index (χ4n) is 2.85. The second-order valence-electron chi connectivity index (χ2n) is 5.89. The van der Waals surface area contributed by atoms with Crippen molar-refractivity contribution in [3.05, 3.63) is 48.5 Å². The molecule has 1 aliphatic rings. The number of nitrogens with zero attached hydrogens (tertiary/aromatic N) is 2. The van der Waals surface area contributed by atoms with Gasteiger partial charge in [0.2, 0.25) is 0 Å². The van der Waals surface area contributed by atoms with Crippen LogP contribution in [0.2, 0.25) is 0 Å². The summed E-state index contributed by atoms with van der Waals surface area (Å²) in [6.07, 6.45) is 0. The molecule has 3 rings (SSSR count). The van der Waals surface area contributed by atoms with Gasteiger partial charge in [-0.15, -0.1) is 0 Å². The first-order chi connectivity index (χ1) is 12.2. The van der Waals surface area contributed by atoms with Crippen molar-refractivity contribution in [1.29, 1.82) is 0 Å². The topological polar surface area (TPSA) is 68.0 Å². The van der Waals surface area contributed by atoms with Crippen molar-refractivity contribution < 1.29 is 14.3 Å². The van der Waals surface area contributed by atoms with Crippen molar-refractivity contribution >= 4 is 17.3 Å². The molecule has 6 heteroatoms. The molecule has 0 bridgehead atoms. The van der Waals surface area contributed by atoms with Gasteiger partial charge in [0.1, 0.15) is 11.5 Å². The largest absolute Gasteiger partial charge is 0.497 e. The summed E-state index contributed by atoms with van der Waals surface area (Å²) in [5.41, 5.74) is 7.50. The average Bonchev–Trinajstić information content (AvgIpc) is 2.67. The number of para-hydroxylation sites is 2. The van der Waals surface area contributed by atoms with E-state index in [2.05, 4.69) is 4.90 Å². The Morgan fingerprint density at radius 1 is 1.04 bits per heavy atom. The molecule has 0 unspecified atom stereocenters. The summed E-state index contributed by atoms with van der Waals surface area (Å²) in [5, 5.41) is 0. The third-order valence-electron chi connectivity index (χ3n) is 4.34. The van der Waals surface area contributed by atoms with Gasteiger partial charge in [-0.2, -0.15) is 0 Å². The lowest BCUT2D eigenvalue weighted by Crippen LogP contribution is -2.50. The smallest absolute Gasteiger partial charge is 0.260 e. The van der Waals surface area contributed by atoms with Crippen LogP contribution in [0.1, 0.15) is 0 Å². The van der Waals surface area contributed by atoms with Gasteiger partial charge in [-0.25, -0.2) is 0 Å². The zero-order valence-electron chi connectivity index (χ0n) is 14.4. The predicted octanol–water partition coefficient (Wildman–Crippen LogP) is 2.00. The molecule has 0 spiro atoms. The van der Waals surface area contributed by atoms with Crippen LogP contribution in [-0.2, 0) is 4.79 Å². The van der Waals surface area contributed by atoms with E-state index in [9.17, 15) is 4.79 Å². The Morgan fingerprint density at radius 3 is 2.36 bits per heavy atom. The van der Waals surface area contributed by atoms with Gasteiger partial charge >= 0.3 is 0 Å². The molecule has 0 radical (unpaired) electrons. The third-order valence-corrected chi connectivity index (χ3v) is 4.34. The molecule has 132 valence electrons. The molecule has 2 N–H and O–H groups in total. The van der Waals surface area contributed by atoms with Crippen LogP contribution in [0.5, 0.6) is 11.5 Å². The first-order valence-corrected chi connectivity index (χ1v) is 8.31. The van der Waals surface area contributed by atoms with Crippen LogP contribution in [-0.4, -0.2) is 50.7 Å². The van der Waals surface area contributed by atoms with Crippen molar-refractivity contribution in [2.45, 2.75) is 0 Å². The Labute approximate surface area is 147 Å². The first-order valence-electron chi connectivity index (χ1n) is 8.31. The van der Waals surface area contributed by atoms with Crippen LogP contribution >= 0.6 is 0 Å². The monoisotopic (exact) mass is 341 g/mol. The van der Waals surface area contributed by atoms with Gasteiger partial charge in [-0.1, -0.05) is 12.1 Å². The van der Waals surface area contributed by atoms with E-state index in [0.717, 1.165) is 24.5 Å². The predicted molar refractivity (Wildman–Crippen MR) is 98.1 cm³/mol. The number of anilines is 2. The number of ether oxygens (including phenoxy) is 2. The summed E-state index contributed by atoms with van der Waals surface area (Å²) in [6.45, 7) is 2.96. The molecular formula is C19H23N3O3. The maximum Gasteiger partial charge on any atom is 0.260 e. The van der Waals surface area contributed by atoms with E-state index < -0.39 is 0 Å². The molecule has 25 heavy (non-hydrogen) atoms. The molecule has 0 aliphatic carbocycles. The highest BCUT2D eigenvalue weighted by molar-refractivity contribution is 5.78. The van der Waals surface area contributed by atoms with Crippen molar-refractivity contribution in [3.8, 4) is 11.5 Å². The Kier molecular flexibility index (Phi) is 5.28. The lowest BCUT2D eigenvalue weighted by atomic mass is 10.2. The van der Waals surface area contributed by atoms with Crippen molar-refractivity contribution in [2.24, 2.45) is 0 Å². The van der Waals surface area contributed by atoms with Crippen LogP contribution in [0.15, 0.2) is 48.5 Å². The Bertz CT molecular complexity index is 710. The van der Waals surface area contributed by atoms with Crippen molar-refractivity contribution in [1.82, 2.24) is 4.90 Å². The van der Waals surface area contributed by atoms with Gasteiger partial charge in [-0.3, -0.25) is 4.79 Å². The second-order valence-corrected chi connectivity index (χ2v) is 5.89. The Morgan fingerprint density at radius 2 is 1.72 bits per heavy atom. The quantitative estimate of drug-likeness (QED) is 0.843. The molecule has 1 fully saturated rings. The summed E-state index contributed by atoms with van der Waals surface area (Å²) >= 11 is 0. The highest BCUT2D eigenvalue weighted by Crippen LogP contribution is 2.21. The molecule has 6 nitrogen and oxygen atoms in total. The van der Waals surface area contributed by atoms with Gasteiger partial charge in [0.25, 0.3) is 5.91 Å². The minimum absolute atomic E-state index is 0.0107. The molecule has 2 aromatic rings. The van der Waals surface area contributed by atoms with E-state index in [0.29, 0.717) is 24.5 Å².